The van der Waals surface area contributed by atoms with Gasteiger partial charge in [0.15, 0.2) is 5.13 Å². The van der Waals surface area contributed by atoms with Crippen LogP contribution >= 0.6 is 27.3 Å². The lowest BCUT2D eigenvalue weighted by atomic mass is 10.1. The van der Waals surface area contributed by atoms with E-state index in [0.29, 0.717) is 15.7 Å². The van der Waals surface area contributed by atoms with Crippen LogP contribution in [0.1, 0.15) is 30.4 Å². The third-order valence-corrected chi connectivity index (χ3v) is 4.14. The maximum absolute atomic E-state index is 12.3. The first-order valence-corrected chi connectivity index (χ1v) is 7.97. The Labute approximate surface area is 136 Å². The molecular weight excluding hydrogens is 352 g/mol. The topological polar surface area (TPSA) is 80.0 Å². The number of carbonyl (C=O) groups excluding carboxylic acids is 1. The van der Waals surface area contributed by atoms with Crippen molar-refractivity contribution in [3.63, 3.8) is 0 Å². The molecular formula is C14H17BrN4OS. The number of aromatic nitrogens is 1. The molecule has 0 aliphatic carbocycles. The number of nitrogens with one attached hydrogen (secondary N) is 2. The predicted octanol–water partition coefficient (Wildman–Crippen LogP) is 3.95. The molecule has 1 amide bonds. The van der Waals surface area contributed by atoms with Crippen molar-refractivity contribution in [2.45, 2.75) is 26.3 Å². The largest absolute Gasteiger partial charge is 0.382 e. The average molecular weight is 369 g/mol. The first kappa shape index (κ1) is 15.8. The molecule has 112 valence electrons. The minimum atomic E-state index is -0.265. The summed E-state index contributed by atoms with van der Waals surface area (Å²) in [5.74, 6) is -0.0323. The number of thiazole rings is 1. The van der Waals surface area contributed by atoms with Crippen molar-refractivity contribution in [1.82, 2.24) is 4.98 Å². The summed E-state index contributed by atoms with van der Waals surface area (Å²) >= 11 is 4.64. The summed E-state index contributed by atoms with van der Waals surface area (Å²) in [4.78, 5) is 16.9. The molecule has 1 aromatic carbocycles. The number of nitrogens with zero attached hydrogens (tertiary/aromatic N) is 1. The number of anilines is 3. The molecule has 2 aromatic rings. The molecule has 0 bridgehead atoms. The fourth-order valence-corrected chi connectivity index (χ4v) is 2.98. The summed E-state index contributed by atoms with van der Waals surface area (Å²) in [6.45, 7) is 6.06. The summed E-state index contributed by atoms with van der Waals surface area (Å²) < 4.78 is 0.814. The number of hydrogen-bond donors (Lipinski definition) is 3. The maximum Gasteiger partial charge on any atom is 0.269 e. The van der Waals surface area contributed by atoms with Crippen LogP contribution in [0.5, 0.6) is 0 Å². The fourth-order valence-electron chi connectivity index (χ4n) is 1.61. The van der Waals surface area contributed by atoms with Gasteiger partial charge < -0.3 is 16.4 Å². The molecule has 0 saturated carbocycles. The molecule has 0 aliphatic heterocycles. The Hall–Kier alpha value is -1.60. The highest BCUT2D eigenvalue weighted by molar-refractivity contribution is 9.10. The molecule has 2 rings (SSSR count). The minimum Gasteiger partial charge on any atom is -0.382 e. The Balaban J connectivity index is 2.18. The summed E-state index contributed by atoms with van der Waals surface area (Å²) in [7, 11) is 0. The van der Waals surface area contributed by atoms with Crippen molar-refractivity contribution in [2.75, 3.05) is 16.4 Å². The Morgan fingerprint density at radius 1 is 1.33 bits per heavy atom. The first-order valence-electron chi connectivity index (χ1n) is 6.36. The van der Waals surface area contributed by atoms with Crippen molar-refractivity contribution in [2.24, 2.45) is 0 Å². The Kier molecular flexibility index (Phi) is 4.53. The molecule has 4 N–H and O–H groups in total. The molecule has 0 aliphatic rings. The molecule has 0 atom stereocenters. The number of benzene rings is 1. The van der Waals surface area contributed by atoms with Crippen LogP contribution in [0.4, 0.5) is 16.6 Å². The van der Waals surface area contributed by atoms with E-state index in [1.165, 1.54) is 11.3 Å². The van der Waals surface area contributed by atoms with E-state index >= 15 is 0 Å². The van der Waals surface area contributed by atoms with Gasteiger partial charge >= 0.3 is 0 Å². The second-order valence-corrected chi connectivity index (χ2v) is 7.40. The molecule has 0 saturated heterocycles. The maximum atomic E-state index is 12.3. The van der Waals surface area contributed by atoms with Crippen molar-refractivity contribution in [1.29, 1.82) is 0 Å². The van der Waals surface area contributed by atoms with Crippen LogP contribution in [0.3, 0.4) is 0 Å². The molecule has 5 nitrogen and oxygen atoms in total. The lowest BCUT2D eigenvalue weighted by molar-refractivity contribution is 0.103. The number of amides is 1. The summed E-state index contributed by atoms with van der Waals surface area (Å²) in [5, 5.41) is 6.67. The third-order valence-electron chi connectivity index (χ3n) is 2.46. The van der Waals surface area contributed by atoms with E-state index in [1.54, 1.807) is 0 Å². The molecule has 0 fully saturated rings. The standard InChI is InChI=1S/C14H17BrN4OS/c1-14(2,3)19-13-18-11(16)10(21-13)12(20)17-9-7-5-4-6-8(9)15/h4-7H,16H2,1-3H3,(H,17,20)(H,18,19). The zero-order valence-electron chi connectivity index (χ0n) is 12.0. The normalized spacial score (nSPS) is 11.2. The van der Waals surface area contributed by atoms with Crippen LogP contribution in [-0.2, 0) is 0 Å². The van der Waals surface area contributed by atoms with Crippen molar-refractivity contribution in [3.05, 3.63) is 33.6 Å². The summed E-state index contributed by atoms with van der Waals surface area (Å²) in [6.07, 6.45) is 0. The summed E-state index contributed by atoms with van der Waals surface area (Å²) in [6, 6.07) is 7.40. The Morgan fingerprint density at radius 3 is 2.62 bits per heavy atom. The van der Waals surface area contributed by atoms with Crippen molar-refractivity contribution >= 4 is 49.8 Å². The number of para-hydroxylation sites is 1. The van der Waals surface area contributed by atoms with E-state index in [4.69, 9.17) is 5.73 Å². The van der Waals surface area contributed by atoms with E-state index in [2.05, 4.69) is 31.5 Å². The Morgan fingerprint density at radius 2 is 2.00 bits per heavy atom. The zero-order chi connectivity index (χ0) is 15.6. The molecule has 1 aromatic heterocycles. The third kappa shape index (κ3) is 4.18. The number of hydrogen-bond acceptors (Lipinski definition) is 5. The van der Waals surface area contributed by atoms with Gasteiger partial charge in [-0.1, -0.05) is 23.5 Å². The van der Waals surface area contributed by atoms with Crippen LogP contribution in [0.15, 0.2) is 28.7 Å². The quantitative estimate of drug-likeness (QED) is 0.765. The number of carbonyl (C=O) groups is 1. The van der Waals surface area contributed by atoms with Gasteiger partial charge in [0, 0.05) is 10.0 Å². The number of nitrogens with two attached hydrogens (primary N) is 1. The Bertz CT molecular complexity index is 663. The highest BCUT2D eigenvalue weighted by atomic mass is 79.9. The molecule has 0 unspecified atom stereocenters. The van der Waals surface area contributed by atoms with Crippen LogP contribution in [0, 0.1) is 0 Å². The highest BCUT2D eigenvalue weighted by Gasteiger charge is 2.19. The van der Waals surface area contributed by atoms with Gasteiger partial charge in [0.25, 0.3) is 5.91 Å². The highest BCUT2D eigenvalue weighted by Crippen LogP contribution is 2.29. The van der Waals surface area contributed by atoms with Gasteiger partial charge in [0.05, 0.1) is 5.69 Å². The molecule has 0 spiro atoms. The molecule has 7 heteroatoms. The lowest BCUT2D eigenvalue weighted by Gasteiger charge is -2.19. The van der Waals surface area contributed by atoms with Gasteiger partial charge in [-0.3, -0.25) is 4.79 Å². The molecule has 0 radical (unpaired) electrons. The van der Waals surface area contributed by atoms with Crippen molar-refractivity contribution < 1.29 is 4.79 Å². The molecule has 1 heterocycles. The van der Waals surface area contributed by atoms with Crippen LogP contribution in [0.25, 0.3) is 0 Å². The van der Waals surface area contributed by atoms with E-state index in [1.807, 2.05) is 45.0 Å². The van der Waals surface area contributed by atoms with Gasteiger partial charge in [-0.15, -0.1) is 0 Å². The van der Waals surface area contributed by atoms with E-state index < -0.39 is 0 Å². The van der Waals surface area contributed by atoms with Gasteiger partial charge in [-0.05, 0) is 48.8 Å². The number of halogens is 1. The first-order chi connectivity index (χ1) is 9.76. The van der Waals surface area contributed by atoms with Gasteiger partial charge in [-0.25, -0.2) is 4.98 Å². The fraction of sp³-hybridized carbons (Fsp3) is 0.286. The van der Waals surface area contributed by atoms with Crippen molar-refractivity contribution in [3.8, 4) is 0 Å². The zero-order valence-corrected chi connectivity index (χ0v) is 14.4. The second-order valence-electron chi connectivity index (χ2n) is 5.54. The number of rotatable bonds is 3. The lowest BCUT2D eigenvalue weighted by Crippen LogP contribution is -2.25. The van der Waals surface area contributed by atoms with Crippen LogP contribution in [0.2, 0.25) is 0 Å². The van der Waals surface area contributed by atoms with E-state index in [0.717, 1.165) is 4.47 Å². The molecule has 21 heavy (non-hydrogen) atoms. The van der Waals surface area contributed by atoms with Crippen LogP contribution < -0.4 is 16.4 Å². The van der Waals surface area contributed by atoms with Gasteiger partial charge in [-0.2, -0.15) is 0 Å². The SMILES string of the molecule is CC(C)(C)Nc1nc(N)c(C(=O)Nc2ccccc2Br)s1. The second kappa shape index (κ2) is 6.03. The monoisotopic (exact) mass is 368 g/mol. The summed E-state index contributed by atoms with van der Waals surface area (Å²) in [5.41, 5.74) is 6.40. The predicted molar refractivity (Wildman–Crippen MR) is 92.0 cm³/mol. The van der Waals surface area contributed by atoms with Crippen LogP contribution in [-0.4, -0.2) is 16.4 Å². The smallest absolute Gasteiger partial charge is 0.269 e. The minimum absolute atomic E-state index is 0.138. The average Bonchev–Trinajstić information content (AvgIpc) is 2.70. The van der Waals surface area contributed by atoms with Gasteiger partial charge in [0.1, 0.15) is 10.7 Å². The van der Waals surface area contributed by atoms with E-state index in [9.17, 15) is 4.79 Å². The number of nitrogen functional groups attached to an aromatic ring is 1. The van der Waals surface area contributed by atoms with E-state index in [-0.39, 0.29) is 17.3 Å². The van der Waals surface area contributed by atoms with Gasteiger partial charge in [0.2, 0.25) is 0 Å².